The number of nitrogen functional groups attached to an aromatic ring is 1. The van der Waals surface area contributed by atoms with Crippen LogP contribution in [0.5, 0.6) is 0 Å². The normalized spacial score (nSPS) is 14.3. The van der Waals surface area contributed by atoms with Crippen LogP contribution in [-0.2, 0) is 4.79 Å². The molecule has 4 nitrogen and oxygen atoms in total. The molecule has 1 aromatic carbocycles. The minimum absolute atomic E-state index is 0.0628. The summed E-state index contributed by atoms with van der Waals surface area (Å²) in [7, 11) is 0. The molecule has 0 fully saturated rings. The summed E-state index contributed by atoms with van der Waals surface area (Å²) < 4.78 is 0. The van der Waals surface area contributed by atoms with E-state index in [2.05, 4.69) is 10.2 Å². The molecule has 0 atom stereocenters. The smallest absolute Gasteiger partial charge is 0.239 e. The number of amides is 1. The first kappa shape index (κ1) is 12.1. The van der Waals surface area contributed by atoms with E-state index < -0.39 is 0 Å². The van der Waals surface area contributed by atoms with Gasteiger partial charge in [-0.15, -0.1) is 11.8 Å². The van der Waals surface area contributed by atoms with Crippen molar-refractivity contribution in [1.29, 1.82) is 0 Å². The molecule has 0 saturated carbocycles. The number of carbonyl (C=O) groups is 1. The molecule has 0 spiro atoms. The molecule has 3 N–H and O–H groups in total. The molecule has 0 aromatic heterocycles. The zero-order valence-electron chi connectivity index (χ0n) is 9.90. The summed E-state index contributed by atoms with van der Waals surface area (Å²) in [4.78, 5) is 14.9. The van der Waals surface area contributed by atoms with E-state index in [1.54, 1.807) is 0 Å². The Bertz CT molecular complexity index is 422. The van der Waals surface area contributed by atoms with E-state index in [-0.39, 0.29) is 5.91 Å². The lowest BCUT2D eigenvalue weighted by Gasteiger charge is -2.30. The number of fused-ring (bicyclic) bond motifs is 1. The predicted molar refractivity (Wildman–Crippen MR) is 72.5 cm³/mol. The molecule has 1 aromatic rings. The summed E-state index contributed by atoms with van der Waals surface area (Å²) in [6, 6.07) is 5.88. The summed E-state index contributed by atoms with van der Waals surface area (Å²) in [5, 5.41) is 2.82. The van der Waals surface area contributed by atoms with Crippen molar-refractivity contribution in [3.63, 3.8) is 0 Å². The van der Waals surface area contributed by atoms with Gasteiger partial charge in [-0.05, 0) is 25.1 Å². The number of rotatable bonds is 3. The van der Waals surface area contributed by atoms with Gasteiger partial charge in [0.1, 0.15) is 0 Å². The lowest BCUT2D eigenvalue weighted by molar-refractivity contribution is -0.119. The van der Waals surface area contributed by atoms with Gasteiger partial charge >= 0.3 is 0 Å². The fourth-order valence-corrected chi connectivity index (χ4v) is 2.91. The van der Waals surface area contributed by atoms with Gasteiger partial charge in [0.2, 0.25) is 5.91 Å². The topological polar surface area (TPSA) is 58.4 Å². The summed E-state index contributed by atoms with van der Waals surface area (Å²) in [5.74, 6) is 1.07. The zero-order chi connectivity index (χ0) is 12.3. The van der Waals surface area contributed by atoms with E-state index in [0.717, 1.165) is 23.7 Å². The maximum absolute atomic E-state index is 11.6. The first-order chi connectivity index (χ1) is 8.20. The van der Waals surface area contributed by atoms with Crippen LogP contribution in [0.3, 0.4) is 0 Å². The Morgan fingerprint density at radius 2 is 2.41 bits per heavy atom. The number of hydrogen-bond donors (Lipinski definition) is 2. The second-order valence-electron chi connectivity index (χ2n) is 3.95. The van der Waals surface area contributed by atoms with Crippen molar-refractivity contribution in [2.75, 3.05) is 36.0 Å². The van der Waals surface area contributed by atoms with E-state index >= 15 is 0 Å². The van der Waals surface area contributed by atoms with Crippen molar-refractivity contribution in [1.82, 2.24) is 5.32 Å². The molecular formula is C12H17N3OS. The number of benzene rings is 1. The van der Waals surface area contributed by atoms with Gasteiger partial charge in [-0.1, -0.05) is 0 Å². The number of carbonyl (C=O) groups excluding carboxylic acids is 1. The molecule has 0 saturated heterocycles. The number of nitrogens with two attached hydrogens (primary N) is 1. The van der Waals surface area contributed by atoms with Crippen LogP contribution in [0.2, 0.25) is 0 Å². The molecule has 1 amide bonds. The summed E-state index contributed by atoms with van der Waals surface area (Å²) in [6.45, 7) is 3.89. The molecule has 5 heteroatoms. The monoisotopic (exact) mass is 251 g/mol. The van der Waals surface area contributed by atoms with Gasteiger partial charge in [0.15, 0.2) is 0 Å². The minimum Gasteiger partial charge on any atom is -0.399 e. The highest BCUT2D eigenvalue weighted by Gasteiger charge is 2.19. The van der Waals surface area contributed by atoms with Gasteiger partial charge < -0.3 is 16.0 Å². The van der Waals surface area contributed by atoms with Gasteiger partial charge in [0.25, 0.3) is 0 Å². The third-order valence-electron chi connectivity index (χ3n) is 2.65. The van der Waals surface area contributed by atoms with Crippen molar-refractivity contribution >= 4 is 29.0 Å². The number of hydrogen-bond acceptors (Lipinski definition) is 4. The molecule has 0 bridgehead atoms. The molecule has 0 aliphatic carbocycles. The van der Waals surface area contributed by atoms with E-state index in [1.165, 1.54) is 4.90 Å². The van der Waals surface area contributed by atoms with Crippen molar-refractivity contribution in [3.05, 3.63) is 18.2 Å². The van der Waals surface area contributed by atoms with Gasteiger partial charge in [-0.3, -0.25) is 4.79 Å². The van der Waals surface area contributed by atoms with E-state index in [9.17, 15) is 4.79 Å². The van der Waals surface area contributed by atoms with Crippen LogP contribution < -0.4 is 16.0 Å². The SMILES string of the molecule is CCNC(=O)CN1CCSc2ccc(N)cc21. The van der Waals surface area contributed by atoms with Crippen molar-refractivity contribution < 1.29 is 4.79 Å². The highest BCUT2D eigenvalue weighted by Crippen LogP contribution is 2.35. The van der Waals surface area contributed by atoms with Gasteiger partial charge in [-0.25, -0.2) is 0 Å². The molecule has 92 valence electrons. The van der Waals surface area contributed by atoms with Gasteiger partial charge in [0.05, 0.1) is 12.2 Å². The third kappa shape index (κ3) is 2.85. The van der Waals surface area contributed by atoms with Crippen LogP contribution in [0.25, 0.3) is 0 Å². The summed E-state index contributed by atoms with van der Waals surface area (Å²) >= 11 is 1.81. The maximum Gasteiger partial charge on any atom is 0.239 e. The third-order valence-corrected chi connectivity index (χ3v) is 3.69. The molecule has 2 rings (SSSR count). The standard InChI is InChI=1S/C12H17N3OS/c1-2-14-12(16)8-15-5-6-17-11-4-3-9(13)7-10(11)15/h3-4,7H,2,5-6,8,13H2,1H3,(H,14,16). The van der Waals surface area contributed by atoms with Crippen LogP contribution in [0.1, 0.15) is 6.92 Å². The van der Waals surface area contributed by atoms with Crippen LogP contribution in [0.15, 0.2) is 23.1 Å². The number of nitrogens with zero attached hydrogens (tertiary/aromatic N) is 1. The number of thioether (sulfide) groups is 1. The van der Waals surface area contributed by atoms with E-state index in [0.29, 0.717) is 13.1 Å². The van der Waals surface area contributed by atoms with Crippen LogP contribution in [-0.4, -0.2) is 31.3 Å². The first-order valence-electron chi connectivity index (χ1n) is 5.74. The molecule has 0 unspecified atom stereocenters. The predicted octanol–water partition coefficient (Wildman–Crippen LogP) is 1.32. The molecule has 0 radical (unpaired) electrons. The number of anilines is 2. The van der Waals surface area contributed by atoms with Crippen molar-refractivity contribution in [3.8, 4) is 0 Å². The largest absolute Gasteiger partial charge is 0.399 e. The molecule has 1 aliphatic rings. The Hall–Kier alpha value is -1.36. The lowest BCUT2D eigenvalue weighted by Crippen LogP contribution is -2.39. The van der Waals surface area contributed by atoms with E-state index in [4.69, 9.17) is 5.73 Å². The summed E-state index contributed by atoms with van der Waals surface area (Å²) in [5.41, 5.74) is 7.62. The fraction of sp³-hybridized carbons (Fsp3) is 0.417. The lowest BCUT2D eigenvalue weighted by atomic mass is 10.2. The van der Waals surface area contributed by atoms with Gasteiger partial charge in [0, 0.05) is 29.4 Å². The Morgan fingerprint density at radius 3 is 3.18 bits per heavy atom. The molecular weight excluding hydrogens is 234 g/mol. The molecule has 1 heterocycles. The maximum atomic E-state index is 11.6. The zero-order valence-corrected chi connectivity index (χ0v) is 10.7. The average molecular weight is 251 g/mol. The van der Waals surface area contributed by atoms with E-state index in [1.807, 2.05) is 36.9 Å². The molecule has 17 heavy (non-hydrogen) atoms. The Morgan fingerprint density at radius 1 is 1.59 bits per heavy atom. The average Bonchev–Trinajstić information content (AvgIpc) is 2.30. The van der Waals surface area contributed by atoms with Crippen molar-refractivity contribution in [2.45, 2.75) is 11.8 Å². The highest BCUT2D eigenvalue weighted by atomic mass is 32.2. The quantitative estimate of drug-likeness (QED) is 0.795. The highest BCUT2D eigenvalue weighted by molar-refractivity contribution is 7.99. The second kappa shape index (κ2) is 5.31. The number of nitrogens with one attached hydrogen (secondary N) is 1. The fourth-order valence-electron chi connectivity index (χ4n) is 1.88. The molecule has 1 aliphatic heterocycles. The first-order valence-corrected chi connectivity index (χ1v) is 6.73. The Labute approximate surface area is 106 Å². The van der Waals surface area contributed by atoms with Crippen LogP contribution in [0.4, 0.5) is 11.4 Å². The Kier molecular flexibility index (Phi) is 3.78. The summed E-state index contributed by atoms with van der Waals surface area (Å²) in [6.07, 6.45) is 0. The number of likely N-dealkylation sites (N-methyl/N-ethyl adjacent to an activating group) is 1. The Balaban J connectivity index is 2.16. The van der Waals surface area contributed by atoms with Crippen LogP contribution in [0, 0.1) is 0 Å². The van der Waals surface area contributed by atoms with Crippen LogP contribution >= 0.6 is 11.8 Å². The van der Waals surface area contributed by atoms with Gasteiger partial charge in [-0.2, -0.15) is 0 Å². The minimum atomic E-state index is 0.0628. The van der Waals surface area contributed by atoms with Crippen molar-refractivity contribution in [2.24, 2.45) is 0 Å². The second-order valence-corrected chi connectivity index (χ2v) is 5.09.